The van der Waals surface area contributed by atoms with Crippen LogP contribution in [-0.2, 0) is 4.79 Å². The molecule has 0 fully saturated rings. The van der Waals surface area contributed by atoms with Crippen molar-refractivity contribution in [2.24, 2.45) is 11.1 Å². The summed E-state index contributed by atoms with van der Waals surface area (Å²) in [5.74, 6) is 0.103. The molecule has 0 aliphatic carbocycles. The summed E-state index contributed by atoms with van der Waals surface area (Å²) in [5.41, 5.74) is 5.29. The Bertz CT molecular complexity index is 252. The van der Waals surface area contributed by atoms with Crippen molar-refractivity contribution in [2.75, 3.05) is 6.54 Å². The van der Waals surface area contributed by atoms with Gasteiger partial charge in [0, 0.05) is 18.4 Å². The Morgan fingerprint density at radius 2 is 1.82 bits per heavy atom. The number of carbonyl (C=O) groups is 1. The molecule has 0 aromatic rings. The first-order valence-electron chi connectivity index (χ1n) is 6.46. The predicted molar refractivity (Wildman–Crippen MR) is 77.0 cm³/mol. The van der Waals surface area contributed by atoms with Crippen LogP contribution in [0.1, 0.15) is 59.3 Å². The lowest BCUT2D eigenvalue weighted by Crippen LogP contribution is -2.41. The molecule has 0 unspecified atom stereocenters. The van der Waals surface area contributed by atoms with E-state index in [2.05, 4.69) is 12.2 Å². The maximum Gasteiger partial charge on any atom is 0.220 e. The second-order valence-corrected chi connectivity index (χ2v) is 5.63. The van der Waals surface area contributed by atoms with Crippen LogP contribution in [0.15, 0.2) is 0 Å². The van der Waals surface area contributed by atoms with Gasteiger partial charge in [0.2, 0.25) is 5.91 Å². The molecule has 0 heterocycles. The van der Waals surface area contributed by atoms with Gasteiger partial charge in [0.25, 0.3) is 0 Å². The van der Waals surface area contributed by atoms with Crippen LogP contribution < -0.4 is 11.1 Å². The summed E-state index contributed by atoms with van der Waals surface area (Å²) in [5, 5.41) is 2.89. The zero-order valence-corrected chi connectivity index (χ0v) is 12.2. The van der Waals surface area contributed by atoms with Gasteiger partial charge >= 0.3 is 0 Å². The fourth-order valence-corrected chi connectivity index (χ4v) is 1.46. The minimum atomic E-state index is -0.298. The molecule has 4 heteroatoms. The first-order valence-corrected chi connectivity index (χ1v) is 6.87. The first kappa shape index (κ1) is 16.4. The number of thiocarbonyl (C=S) groups is 1. The molecule has 0 aliphatic heterocycles. The summed E-state index contributed by atoms with van der Waals surface area (Å²) in [4.78, 5) is 12.0. The molecule has 0 aliphatic rings. The molecular formula is C13H26N2OS. The zero-order valence-electron chi connectivity index (χ0n) is 11.3. The number of unbranched alkanes of at least 4 members (excludes halogenated alkanes) is 4. The van der Waals surface area contributed by atoms with Crippen molar-refractivity contribution in [1.29, 1.82) is 0 Å². The summed E-state index contributed by atoms with van der Waals surface area (Å²) >= 11 is 4.95. The van der Waals surface area contributed by atoms with Crippen molar-refractivity contribution in [3.05, 3.63) is 0 Å². The van der Waals surface area contributed by atoms with E-state index in [9.17, 15) is 4.79 Å². The van der Waals surface area contributed by atoms with Crippen LogP contribution in [0.3, 0.4) is 0 Å². The topological polar surface area (TPSA) is 55.1 Å². The third kappa shape index (κ3) is 8.13. The van der Waals surface area contributed by atoms with Crippen LogP contribution in [0, 0.1) is 5.41 Å². The number of hydrogen-bond donors (Lipinski definition) is 2. The number of hydrogen-bond acceptors (Lipinski definition) is 2. The van der Waals surface area contributed by atoms with E-state index in [0.717, 1.165) is 12.8 Å². The van der Waals surface area contributed by atoms with Gasteiger partial charge in [-0.3, -0.25) is 4.79 Å². The van der Waals surface area contributed by atoms with Crippen LogP contribution in [0.5, 0.6) is 0 Å². The fraction of sp³-hybridized carbons (Fsp3) is 0.846. The Morgan fingerprint density at radius 1 is 1.24 bits per heavy atom. The fourth-order valence-electron chi connectivity index (χ4n) is 1.38. The Hall–Kier alpha value is -0.640. The van der Waals surface area contributed by atoms with E-state index in [1.54, 1.807) is 0 Å². The summed E-state index contributed by atoms with van der Waals surface area (Å²) in [7, 11) is 0. The predicted octanol–water partition coefficient (Wildman–Crippen LogP) is 2.78. The normalized spacial score (nSPS) is 11.2. The largest absolute Gasteiger partial charge is 0.393 e. The Kier molecular flexibility index (Phi) is 8.13. The Morgan fingerprint density at radius 3 is 2.35 bits per heavy atom. The van der Waals surface area contributed by atoms with Crippen molar-refractivity contribution < 1.29 is 4.79 Å². The smallest absolute Gasteiger partial charge is 0.220 e. The van der Waals surface area contributed by atoms with E-state index in [4.69, 9.17) is 18.0 Å². The molecule has 0 aromatic heterocycles. The van der Waals surface area contributed by atoms with Crippen LogP contribution in [0.2, 0.25) is 0 Å². The lowest BCUT2D eigenvalue weighted by molar-refractivity contribution is -0.121. The second kappa shape index (κ2) is 8.45. The van der Waals surface area contributed by atoms with Crippen molar-refractivity contribution in [2.45, 2.75) is 59.3 Å². The molecule has 0 atom stereocenters. The van der Waals surface area contributed by atoms with Gasteiger partial charge < -0.3 is 11.1 Å². The molecule has 0 radical (unpaired) electrons. The van der Waals surface area contributed by atoms with E-state index in [1.807, 2.05) is 13.8 Å². The SMILES string of the molecule is CCCCCCCC(=O)NCC(C)(C)C(N)=S. The molecular weight excluding hydrogens is 232 g/mol. The average molecular weight is 258 g/mol. The zero-order chi connectivity index (χ0) is 13.3. The Labute approximate surface area is 111 Å². The molecule has 0 rings (SSSR count). The van der Waals surface area contributed by atoms with Gasteiger partial charge in [-0.2, -0.15) is 0 Å². The number of nitrogens with two attached hydrogens (primary N) is 1. The van der Waals surface area contributed by atoms with Gasteiger partial charge in [-0.25, -0.2) is 0 Å². The van der Waals surface area contributed by atoms with Crippen molar-refractivity contribution in [1.82, 2.24) is 5.32 Å². The average Bonchev–Trinajstić information content (AvgIpc) is 2.26. The van der Waals surface area contributed by atoms with E-state index in [1.165, 1.54) is 19.3 Å². The molecule has 17 heavy (non-hydrogen) atoms. The Balaban J connectivity index is 3.63. The van der Waals surface area contributed by atoms with E-state index < -0.39 is 0 Å². The van der Waals surface area contributed by atoms with Crippen LogP contribution in [0.25, 0.3) is 0 Å². The number of amides is 1. The minimum absolute atomic E-state index is 0.103. The van der Waals surface area contributed by atoms with Gasteiger partial charge in [0.05, 0.1) is 4.99 Å². The van der Waals surface area contributed by atoms with Crippen LogP contribution in [-0.4, -0.2) is 17.4 Å². The van der Waals surface area contributed by atoms with Gasteiger partial charge in [-0.05, 0) is 6.42 Å². The van der Waals surface area contributed by atoms with Crippen LogP contribution >= 0.6 is 12.2 Å². The van der Waals surface area contributed by atoms with Crippen molar-refractivity contribution >= 4 is 23.1 Å². The quantitative estimate of drug-likeness (QED) is 0.494. The molecule has 0 spiro atoms. The number of rotatable bonds is 9. The summed E-state index contributed by atoms with van der Waals surface area (Å²) in [6, 6.07) is 0. The highest BCUT2D eigenvalue weighted by Crippen LogP contribution is 2.13. The van der Waals surface area contributed by atoms with Crippen molar-refractivity contribution in [3.63, 3.8) is 0 Å². The van der Waals surface area contributed by atoms with Crippen molar-refractivity contribution in [3.8, 4) is 0 Å². The highest BCUT2D eigenvalue weighted by molar-refractivity contribution is 7.80. The highest BCUT2D eigenvalue weighted by atomic mass is 32.1. The van der Waals surface area contributed by atoms with Gasteiger partial charge in [-0.15, -0.1) is 0 Å². The number of nitrogens with one attached hydrogen (secondary N) is 1. The van der Waals surface area contributed by atoms with Gasteiger partial charge in [0.15, 0.2) is 0 Å². The van der Waals surface area contributed by atoms with Gasteiger partial charge in [-0.1, -0.05) is 58.7 Å². The van der Waals surface area contributed by atoms with Gasteiger partial charge in [0.1, 0.15) is 0 Å². The molecule has 0 aromatic carbocycles. The first-order chi connectivity index (χ1) is 7.90. The third-order valence-electron chi connectivity index (χ3n) is 2.90. The molecule has 0 saturated carbocycles. The molecule has 0 saturated heterocycles. The highest BCUT2D eigenvalue weighted by Gasteiger charge is 2.21. The molecule has 3 N–H and O–H groups in total. The summed E-state index contributed by atoms with van der Waals surface area (Å²) in [6.45, 7) is 6.59. The summed E-state index contributed by atoms with van der Waals surface area (Å²) in [6.07, 6.45) is 6.43. The molecule has 100 valence electrons. The lowest BCUT2D eigenvalue weighted by Gasteiger charge is -2.23. The van der Waals surface area contributed by atoms with E-state index in [-0.39, 0.29) is 11.3 Å². The van der Waals surface area contributed by atoms with E-state index >= 15 is 0 Å². The summed E-state index contributed by atoms with van der Waals surface area (Å²) < 4.78 is 0. The minimum Gasteiger partial charge on any atom is -0.393 e. The second-order valence-electron chi connectivity index (χ2n) is 5.19. The maximum absolute atomic E-state index is 11.5. The molecule has 1 amide bonds. The maximum atomic E-state index is 11.5. The standard InChI is InChI=1S/C13H26N2OS/c1-4-5-6-7-8-9-11(16)15-10-13(2,3)12(14)17/h4-10H2,1-3H3,(H2,14,17)(H,15,16). The monoisotopic (exact) mass is 258 g/mol. The lowest BCUT2D eigenvalue weighted by atomic mass is 9.93. The molecule has 3 nitrogen and oxygen atoms in total. The third-order valence-corrected chi connectivity index (χ3v) is 3.45. The number of carbonyl (C=O) groups excluding carboxylic acids is 1. The van der Waals surface area contributed by atoms with E-state index in [0.29, 0.717) is 18.0 Å². The van der Waals surface area contributed by atoms with Crippen LogP contribution in [0.4, 0.5) is 0 Å². The molecule has 0 bridgehead atoms.